The van der Waals surface area contributed by atoms with E-state index in [1.54, 1.807) is 24.3 Å². The van der Waals surface area contributed by atoms with Gasteiger partial charge in [0.15, 0.2) is 0 Å². The van der Waals surface area contributed by atoms with Crippen molar-refractivity contribution in [3.05, 3.63) is 65.7 Å². The van der Waals surface area contributed by atoms with Gasteiger partial charge < -0.3 is 5.11 Å². The number of nitrogens with zero attached hydrogens (tertiary/aromatic N) is 1. The van der Waals surface area contributed by atoms with Gasteiger partial charge in [0.05, 0.1) is 5.57 Å². The molecule has 2 aromatic carbocycles. The van der Waals surface area contributed by atoms with Crippen molar-refractivity contribution in [2.24, 2.45) is 0 Å². The van der Waals surface area contributed by atoms with Gasteiger partial charge in [-0.05, 0) is 47.4 Å². The Morgan fingerprint density at radius 1 is 1.00 bits per heavy atom. The predicted octanol–water partition coefficient (Wildman–Crippen LogP) is 4.24. The van der Waals surface area contributed by atoms with Crippen LogP contribution in [0.3, 0.4) is 0 Å². The molecule has 0 amide bonds. The van der Waals surface area contributed by atoms with E-state index in [0.717, 1.165) is 23.1 Å². The molecule has 2 rings (SSSR count). The fourth-order valence-corrected chi connectivity index (χ4v) is 2.10. The van der Waals surface area contributed by atoms with Crippen molar-refractivity contribution in [3.8, 4) is 11.8 Å². The Kier molecular flexibility index (Phi) is 4.00. The van der Waals surface area contributed by atoms with E-state index in [2.05, 4.69) is 6.07 Å². The number of hydrogen-bond acceptors (Lipinski definition) is 2. The minimum atomic E-state index is 0.207. The summed E-state index contributed by atoms with van der Waals surface area (Å²) >= 11 is 0. The van der Waals surface area contributed by atoms with Gasteiger partial charge in [-0.15, -0.1) is 0 Å². The van der Waals surface area contributed by atoms with Crippen LogP contribution in [0.5, 0.6) is 5.75 Å². The van der Waals surface area contributed by atoms with Gasteiger partial charge in [0.25, 0.3) is 0 Å². The lowest BCUT2D eigenvalue weighted by Gasteiger charge is -2.09. The summed E-state index contributed by atoms with van der Waals surface area (Å²) in [5.41, 5.74) is 3.58. The number of nitriles is 1. The van der Waals surface area contributed by atoms with Gasteiger partial charge in [0.1, 0.15) is 11.8 Å². The van der Waals surface area contributed by atoms with Crippen molar-refractivity contribution >= 4 is 11.1 Å². The Balaban J connectivity index is 2.57. The van der Waals surface area contributed by atoms with Crippen LogP contribution in [0, 0.1) is 11.3 Å². The van der Waals surface area contributed by atoms with Gasteiger partial charge in [-0.2, -0.15) is 5.26 Å². The van der Waals surface area contributed by atoms with Crippen LogP contribution >= 0.6 is 0 Å². The average molecular weight is 249 g/mol. The topological polar surface area (TPSA) is 44.0 Å². The molecule has 0 saturated carbocycles. The molecule has 94 valence electrons. The SMILES string of the molecule is CC/C(=C(/C#N)c1ccc(O)cc1)c1ccccc1. The minimum Gasteiger partial charge on any atom is -0.508 e. The van der Waals surface area contributed by atoms with E-state index < -0.39 is 0 Å². The normalized spacial score (nSPS) is 11.6. The summed E-state index contributed by atoms with van der Waals surface area (Å²) in [5, 5.41) is 18.8. The first kappa shape index (κ1) is 12.9. The highest BCUT2D eigenvalue weighted by Crippen LogP contribution is 2.29. The summed E-state index contributed by atoms with van der Waals surface area (Å²) in [6.07, 6.45) is 0.785. The monoisotopic (exact) mass is 249 g/mol. The molecule has 0 aromatic heterocycles. The molecule has 0 aliphatic carbocycles. The van der Waals surface area contributed by atoms with Crippen LogP contribution in [-0.2, 0) is 0 Å². The van der Waals surface area contributed by atoms with Crippen molar-refractivity contribution in [3.63, 3.8) is 0 Å². The summed E-state index contributed by atoms with van der Waals surface area (Å²) in [6, 6.07) is 19.0. The maximum Gasteiger partial charge on any atom is 0.115 e. The maximum absolute atomic E-state index is 9.44. The fraction of sp³-hybridized carbons (Fsp3) is 0.118. The highest BCUT2D eigenvalue weighted by atomic mass is 16.3. The lowest BCUT2D eigenvalue weighted by molar-refractivity contribution is 0.475. The highest BCUT2D eigenvalue weighted by molar-refractivity contribution is 5.97. The minimum absolute atomic E-state index is 0.207. The van der Waals surface area contributed by atoms with Crippen LogP contribution in [-0.4, -0.2) is 5.11 Å². The first-order chi connectivity index (χ1) is 9.26. The number of aromatic hydroxyl groups is 1. The third-order valence-electron chi connectivity index (χ3n) is 3.05. The van der Waals surface area contributed by atoms with E-state index in [1.165, 1.54) is 0 Å². The van der Waals surface area contributed by atoms with Gasteiger partial charge >= 0.3 is 0 Å². The highest BCUT2D eigenvalue weighted by Gasteiger charge is 2.09. The van der Waals surface area contributed by atoms with Gasteiger partial charge in [-0.25, -0.2) is 0 Å². The van der Waals surface area contributed by atoms with Crippen molar-refractivity contribution < 1.29 is 5.11 Å². The van der Waals surface area contributed by atoms with Crippen molar-refractivity contribution in [1.82, 2.24) is 0 Å². The molecule has 0 aliphatic rings. The average Bonchev–Trinajstić information content (AvgIpc) is 2.47. The molecule has 2 aromatic rings. The van der Waals surface area contributed by atoms with Crippen LogP contribution in [0.4, 0.5) is 0 Å². The largest absolute Gasteiger partial charge is 0.508 e. The lowest BCUT2D eigenvalue weighted by atomic mass is 9.94. The molecule has 0 unspecified atom stereocenters. The second-order valence-corrected chi connectivity index (χ2v) is 4.23. The van der Waals surface area contributed by atoms with E-state index in [1.807, 2.05) is 37.3 Å². The van der Waals surface area contributed by atoms with Crippen LogP contribution < -0.4 is 0 Å². The Hall–Kier alpha value is -2.53. The second kappa shape index (κ2) is 5.88. The number of phenolic OH excluding ortho intramolecular Hbond substituents is 1. The van der Waals surface area contributed by atoms with Crippen LogP contribution in [0.1, 0.15) is 24.5 Å². The standard InChI is InChI=1S/C17H15NO/c1-2-16(13-6-4-3-5-7-13)17(12-18)14-8-10-15(19)11-9-14/h3-11,19H,2H2,1H3/b17-16+. The molecule has 0 aliphatic heterocycles. The molecule has 1 N–H and O–H groups in total. The molecular weight excluding hydrogens is 234 g/mol. The zero-order valence-electron chi connectivity index (χ0n) is 10.8. The van der Waals surface area contributed by atoms with Crippen molar-refractivity contribution in [2.75, 3.05) is 0 Å². The molecule has 2 nitrogen and oxygen atoms in total. The number of hydrogen-bond donors (Lipinski definition) is 1. The van der Waals surface area contributed by atoms with E-state index in [-0.39, 0.29) is 5.75 Å². The smallest absolute Gasteiger partial charge is 0.115 e. The van der Waals surface area contributed by atoms with E-state index in [0.29, 0.717) is 5.57 Å². The van der Waals surface area contributed by atoms with E-state index in [4.69, 9.17) is 0 Å². The van der Waals surface area contributed by atoms with Crippen LogP contribution in [0.15, 0.2) is 54.6 Å². The van der Waals surface area contributed by atoms with Crippen molar-refractivity contribution in [1.29, 1.82) is 5.26 Å². The lowest BCUT2D eigenvalue weighted by Crippen LogP contribution is -1.90. The van der Waals surface area contributed by atoms with Crippen LogP contribution in [0.2, 0.25) is 0 Å². The number of allylic oxidation sites excluding steroid dienone is 2. The van der Waals surface area contributed by atoms with Gasteiger partial charge in [-0.1, -0.05) is 37.3 Å². The third kappa shape index (κ3) is 2.83. The Morgan fingerprint density at radius 2 is 1.63 bits per heavy atom. The molecule has 0 heterocycles. The number of rotatable bonds is 3. The van der Waals surface area contributed by atoms with Gasteiger partial charge in [0.2, 0.25) is 0 Å². The van der Waals surface area contributed by atoms with E-state index >= 15 is 0 Å². The summed E-state index contributed by atoms with van der Waals surface area (Å²) in [4.78, 5) is 0. The summed E-state index contributed by atoms with van der Waals surface area (Å²) in [5.74, 6) is 0.207. The number of benzene rings is 2. The predicted molar refractivity (Wildman–Crippen MR) is 77.3 cm³/mol. The van der Waals surface area contributed by atoms with E-state index in [9.17, 15) is 10.4 Å². The second-order valence-electron chi connectivity index (χ2n) is 4.23. The zero-order chi connectivity index (χ0) is 13.7. The summed E-state index contributed by atoms with van der Waals surface area (Å²) < 4.78 is 0. The molecule has 0 radical (unpaired) electrons. The van der Waals surface area contributed by atoms with Crippen LogP contribution in [0.25, 0.3) is 11.1 Å². The molecule has 2 heteroatoms. The molecule has 0 atom stereocenters. The molecular formula is C17H15NO. The molecule has 19 heavy (non-hydrogen) atoms. The zero-order valence-corrected chi connectivity index (χ0v) is 10.8. The third-order valence-corrected chi connectivity index (χ3v) is 3.05. The fourth-order valence-electron chi connectivity index (χ4n) is 2.10. The Labute approximate surface area is 113 Å². The molecule has 0 bridgehead atoms. The Bertz CT molecular complexity index is 619. The van der Waals surface area contributed by atoms with Gasteiger partial charge in [-0.3, -0.25) is 0 Å². The summed E-state index contributed by atoms with van der Waals surface area (Å²) in [6.45, 7) is 2.04. The molecule has 0 saturated heterocycles. The molecule has 0 fully saturated rings. The number of phenols is 1. The first-order valence-corrected chi connectivity index (χ1v) is 6.24. The maximum atomic E-state index is 9.44. The van der Waals surface area contributed by atoms with Crippen molar-refractivity contribution in [2.45, 2.75) is 13.3 Å². The quantitative estimate of drug-likeness (QED) is 0.653. The Morgan fingerprint density at radius 3 is 2.16 bits per heavy atom. The summed E-state index contributed by atoms with van der Waals surface area (Å²) in [7, 11) is 0. The first-order valence-electron chi connectivity index (χ1n) is 6.24. The van der Waals surface area contributed by atoms with Gasteiger partial charge in [0, 0.05) is 0 Å². The molecule has 0 spiro atoms.